The van der Waals surface area contributed by atoms with E-state index in [4.69, 9.17) is 9.72 Å². The van der Waals surface area contributed by atoms with Gasteiger partial charge in [-0.15, -0.1) is 0 Å². The van der Waals surface area contributed by atoms with Gasteiger partial charge in [0.1, 0.15) is 22.6 Å². The monoisotopic (exact) mass is 362 g/mol. The van der Waals surface area contributed by atoms with Crippen LogP contribution in [0, 0.1) is 5.82 Å². The van der Waals surface area contributed by atoms with E-state index in [1.54, 1.807) is 16.8 Å². The predicted molar refractivity (Wildman–Crippen MR) is 102 cm³/mol. The van der Waals surface area contributed by atoms with Crippen LogP contribution in [0.4, 0.5) is 4.39 Å². The van der Waals surface area contributed by atoms with Crippen LogP contribution in [0.5, 0.6) is 11.6 Å². The maximum Gasteiger partial charge on any atom is 0.249 e. The van der Waals surface area contributed by atoms with Crippen molar-refractivity contribution in [2.45, 2.75) is 19.8 Å². The molecule has 2 aromatic carbocycles. The highest BCUT2D eigenvalue weighted by Gasteiger charge is 2.19. The smallest absolute Gasteiger partial charge is 0.249 e. The second kappa shape index (κ2) is 7.15. The molecule has 0 fully saturated rings. The Morgan fingerprint density at radius 1 is 1.00 bits per heavy atom. The summed E-state index contributed by atoms with van der Waals surface area (Å²) >= 11 is 0. The maximum absolute atomic E-state index is 13.2. The quantitative estimate of drug-likeness (QED) is 0.506. The molecule has 136 valence electrons. The van der Waals surface area contributed by atoms with Crippen molar-refractivity contribution < 1.29 is 9.13 Å². The Morgan fingerprint density at radius 3 is 2.44 bits per heavy atom. The Morgan fingerprint density at radius 2 is 1.74 bits per heavy atom. The van der Waals surface area contributed by atoms with Gasteiger partial charge >= 0.3 is 0 Å². The van der Waals surface area contributed by atoms with Crippen LogP contribution in [0.3, 0.4) is 0 Å². The van der Waals surface area contributed by atoms with Crippen molar-refractivity contribution in [1.29, 1.82) is 0 Å². The summed E-state index contributed by atoms with van der Waals surface area (Å²) in [7, 11) is 1.85. The van der Waals surface area contributed by atoms with Crippen LogP contribution in [0.1, 0.15) is 19.0 Å². The molecule has 0 aliphatic carbocycles. The minimum atomic E-state index is -0.314. The van der Waals surface area contributed by atoms with Gasteiger partial charge in [0.05, 0.1) is 5.69 Å². The predicted octanol–water partition coefficient (Wildman–Crippen LogP) is 4.91. The summed E-state index contributed by atoms with van der Waals surface area (Å²) in [5.74, 6) is 1.17. The number of aryl methyl sites for hydroxylation is 2. The number of hydrogen-bond donors (Lipinski definition) is 0. The van der Waals surface area contributed by atoms with Crippen LogP contribution in [0.25, 0.3) is 22.4 Å². The molecular weight excluding hydrogens is 343 g/mol. The molecule has 0 aliphatic rings. The van der Waals surface area contributed by atoms with Crippen molar-refractivity contribution >= 4 is 11.0 Å². The first-order chi connectivity index (χ1) is 13.2. The highest BCUT2D eigenvalue weighted by Crippen LogP contribution is 2.31. The van der Waals surface area contributed by atoms with Crippen molar-refractivity contribution in [1.82, 2.24) is 19.7 Å². The van der Waals surface area contributed by atoms with Gasteiger partial charge in [-0.05, 0) is 30.7 Å². The van der Waals surface area contributed by atoms with Crippen molar-refractivity contribution in [3.8, 4) is 23.0 Å². The summed E-state index contributed by atoms with van der Waals surface area (Å²) in [6.07, 6.45) is 1.78. The molecular formula is C21H19FN4O. The molecule has 2 heterocycles. The zero-order valence-electron chi connectivity index (χ0n) is 15.2. The van der Waals surface area contributed by atoms with Crippen LogP contribution in [-0.2, 0) is 13.5 Å². The normalized spacial score (nSPS) is 11.1. The summed E-state index contributed by atoms with van der Waals surface area (Å²) in [5.41, 5.74) is 3.32. The van der Waals surface area contributed by atoms with Crippen LogP contribution in [0.2, 0.25) is 0 Å². The van der Waals surface area contributed by atoms with E-state index < -0.39 is 0 Å². The van der Waals surface area contributed by atoms with Gasteiger partial charge in [-0.25, -0.2) is 9.37 Å². The molecule has 0 N–H and O–H groups in total. The Hall–Kier alpha value is -3.28. The van der Waals surface area contributed by atoms with Crippen LogP contribution >= 0.6 is 0 Å². The number of aromatic nitrogens is 4. The zero-order valence-corrected chi connectivity index (χ0v) is 15.2. The molecule has 0 saturated carbocycles. The Bertz CT molecular complexity index is 1070. The molecule has 0 amide bonds. The minimum absolute atomic E-state index is 0.314. The molecule has 0 spiro atoms. The number of benzene rings is 2. The lowest BCUT2D eigenvalue weighted by atomic mass is 10.2. The van der Waals surface area contributed by atoms with Gasteiger partial charge in [-0.1, -0.05) is 43.7 Å². The van der Waals surface area contributed by atoms with E-state index in [9.17, 15) is 4.39 Å². The second-order valence-corrected chi connectivity index (χ2v) is 6.29. The number of halogens is 1. The average molecular weight is 362 g/mol. The van der Waals surface area contributed by atoms with E-state index >= 15 is 0 Å². The number of fused-ring (bicyclic) bond motifs is 1. The standard InChI is InChI=1S/C21H19FN4O/c1-3-7-17-18-19(26(2)25-17)21(27-16-12-10-15(22)11-13-16)24-20(23-18)14-8-5-4-6-9-14/h4-6,8-13H,3,7H2,1-2H3. The molecule has 4 rings (SSSR count). The van der Waals surface area contributed by atoms with Crippen LogP contribution in [-0.4, -0.2) is 19.7 Å². The second-order valence-electron chi connectivity index (χ2n) is 6.29. The lowest BCUT2D eigenvalue weighted by molar-refractivity contribution is 0.463. The van der Waals surface area contributed by atoms with E-state index in [1.165, 1.54) is 12.1 Å². The van der Waals surface area contributed by atoms with Gasteiger partial charge in [-0.2, -0.15) is 10.1 Å². The Labute approximate surface area is 156 Å². The molecule has 6 heteroatoms. The lowest BCUT2D eigenvalue weighted by Crippen LogP contribution is -1.99. The topological polar surface area (TPSA) is 52.8 Å². The molecule has 0 bridgehead atoms. The third kappa shape index (κ3) is 3.38. The molecule has 0 atom stereocenters. The molecule has 0 unspecified atom stereocenters. The van der Waals surface area contributed by atoms with Gasteiger partial charge in [0, 0.05) is 12.6 Å². The third-order valence-corrected chi connectivity index (χ3v) is 4.27. The summed E-state index contributed by atoms with van der Waals surface area (Å²) < 4.78 is 21.0. The van der Waals surface area contributed by atoms with Crippen LogP contribution in [0.15, 0.2) is 54.6 Å². The molecule has 4 aromatic rings. The molecule has 2 aromatic heterocycles. The number of hydrogen-bond acceptors (Lipinski definition) is 4. The third-order valence-electron chi connectivity index (χ3n) is 4.27. The van der Waals surface area contributed by atoms with E-state index in [2.05, 4.69) is 17.0 Å². The average Bonchev–Trinajstić information content (AvgIpc) is 3.00. The molecule has 0 saturated heterocycles. The lowest BCUT2D eigenvalue weighted by Gasteiger charge is -2.09. The fraction of sp³-hybridized carbons (Fsp3) is 0.190. The van der Waals surface area contributed by atoms with Gasteiger partial charge in [-0.3, -0.25) is 4.68 Å². The fourth-order valence-corrected chi connectivity index (χ4v) is 3.01. The zero-order chi connectivity index (χ0) is 18.8. The van der Waals surface area contributed by atoms with Crippen molar-refractivity contribution in [3.63, 3.8) is 0 Å². The summed E-state index contributed by atoms with van der Waals surface area (Å²) in [6.45, 7) is 2.11. The van der Waals surface area contributed by atoms with Gasteiger partial charge < -0.3 is 4.74 Å². The summed E-state index contributed by atoms with van der Waals surface area (Å²) in [6, 6.07) is 15.6. The van der Waals surface area contributed by atoms with Crippen molar-refractivity contribution in [2.24, 2.45) is 7.05 Å². The first-order valence-corrected chi connectivity index (χ1v) is 8.88. The molecule has 5 nitrogen and oxygen atoms in total. The van der Waals surface area contributed by atoms with Gasteiger partial charge in [0.15, 0.2) is 5.82 Å². The summed E-state index contributed by atoms with van der Waals surface area (Å²) in [4.78, 5) is 9.40. The van der Waals surface area contributed by atoms with Crippen molar-refractivity contribution in [2.75, 3.05) is 0 Å². The molecule has 0 aliphatic heterocycles. The SMILES string of the molecule is CCCc1nn(C)c2c(Oc3ccc(F)cc3)nc(-c3ccccc3)nc12. The van der Waals surface area contributed by atoms with Gasteiger partial charge in [0.25, 0.3) is 0 Å². The maximum atomic E-state index is 13.2. The molecule has 27 heavy (non-hydrogen) atoms. The molecule has 0 radical (unpaired) electrons. The highest BCUT2D eigenvalue weighted by molar-refractivity contribution is 5.84. The van der Waals surface area contributed by atoms with Crippen LogP contribution < -0.4 is 4.74 Å². The van der Waals surface area contributed by atoms with E-state index in [1.807, 2.05) is 37.4 Å². The fourth-order valence-electron chi connectivity index (χ4n) is 3.01. The first-order valence-electron chi connectivity index (χ1n) is 8.88. The minimum Gasteiger partial charge on any atom is -0.437 e. The summed E-state index contributed by atoms with van der Waals surface area (Å²) in [5, 5.41) is 4.60. The largest absolute Gasteiger partial charge is 0.437 e. The number of nitrogens with zero attached hydrogens (tertiary/aromatic N) is 4. The van der Waals surface area contributed by atoms with E-state index in [0.29, 0.717) is 17.5 Å². The van der Waals surface area contributed by atoms with Gasteiger partial charge in [0.2, 0.25) is 5.88 Å². The first kappa shape index (κ1) is 17.1. The Balaban J connectivity index is 1.90. The van der Waals surface area contributed by atoms with E-state index in [-0.39, 0.29) is 5.82 Å². The number of ether oxygens (including phenoxy) is 1. The van der Waals surface area contributed by atoms with Crippen molar-refractivity contribution in [3.05, 3.63) is 66.1 Å². The van der Waals surface area contributed by atoms with E-state index in [0.717, 1.165) is 35.1 Å². The highest BCUT2D eigenvalue weighted by atomic mass is 19.1. The Kier molecular flexibility index (Phi) is 4.54. The number of rotatable bonds is 5.